The van der Waals surface area contributed by atoms with E-state index in [1.54, 1.807) is 0 Å². The third kappa shape index (κ3) is 5.94. The first kappa shape index (κ1) is 28.5. The zero-order chi connectivity index (χ0) is 27.5. The molecule has 0 aromatic heterocycles. The average molecular weight is 518 g/mol. The third-order valence-corrected chi connectivity index (χ3v) is 7.46. The number of aliphatic hydroxyl groups is 2. The van der Waals surface area contributed by atoms with Crippen LogP contribution >= 0.6 is 0 Å². The highest BCUT2D eigenvalue weighted by molar-refractivity contribution is 5.98. The van der Waals surface area contributed by atoms with E-state index in [1.165, 1.54) is 23.6 Å². The van der Waals surface area contributed by atoms with Crippen LogP contribution in [0.1, 0.15) is 50.7 Å². The summed E-state index contributed by atoms with van der Waals surface area (Å²) in [6.07, 6.45) is -0.253. The summed E-state index contributed by atoms with van der Waals surface area (Å²) in [7, 11) is 0. The van der Waals surface area contributed by atoms with E-state index in [2.05, 4.69) is 5.32 Å². The maximum atomic E-state index is 14.0. The summed E-state index contributed by atoms with van der Waals surface area (Å²) in [5, 5.41) is 22.5. The van der Waals surface area contributed by atoms with Gasteiger partial charge in [-0.1, -0.05) is 29.8 Å². The molecule has 0 aliphatic carbocycles. The molecule has 6 atom stereocenters. The lowest BCUT2D eigenvalue weighted by Gasteiger charge is -2.41. The fraction of sp³-hybridized carbons (Fsp3) is 0.615. The van der Waals surface area contributed by atoms with E-state index in [0.29, 0.717) is 32.2 Å². The predicted octanol–water partition coefficient (Wildman–Crippen LogP) is -1.05. The van der Waals surface area contributed by atoms with Crippen molar-refractivity contribution in [3.05, 3.63) is 35.4 Å². The number of rotatable bonds is 9. The summed E-state index contributed by atoms with van der Waals surface area (Å²) in [5.74, 6) is -2.36. The molecular formula is C26H39N5O6. The van der Waals surface area contributed by atoms with E-state index in [-0.39, 0.29) is 18.9 Å². The SMILES string of the molecule is Cc1cccc(C[C@]2(C(=O)N[C@H](C(N)=O)[C@@H](C)O)CCCN2C(=O)[C@@H]2CCCN2C(=O)[C@@H](N)[C@@H](C)O)c1. The van der Waals surface area contributed by atoms with E-state index in [1.807, 2.05) is 31.2 Å². The van der Waals surface area contributed by atoms with Gasteiger partial charge in [-0.25, -0.2) is 0 Å². The van der Waals surface area contributed by atoms with E-state index in [4.69, 9.17) is 11.5 Å². The van der Waals surface area contributed by atoms with Gasteiger partial charge in [0.25, 0.3) is 0 Å². The molecule has 7 N–H and O–H groups in total. The second-order valence-corrected chi connectivity index (χ2v) is 10.3. The van der Waals surface area contributed by atoms with Gasteiger partial charge in [0.15, 0.2) is 0 Å². The molecule has 2 aliphatic rings. The number of primary amides is 1. The molecule has 4 amide bonds. The summed E-state index contributed by atoms with van der Waals surface area (Å²) in [5.41, 5.74) is 11.8. The van der Waals surface area contributed by atoms with Crippen LogP contribution in [-0.4, -0.2) is 92.6 Å². The lowest BCUT2D eigenvalue weighted by Crippen LogP contribution is -2.65. The maximum absolute atomic E-state index is 14.0. The van der Waals surface area contributed by atoms with Crippen molar-refractivity contribution < 1.29 is 29.4 Å². The Bertz CT molecular complexity index is 1030. The number of hydrogen-bond donors (Lipinski definition) is 5. The lowest BCUT2D eigenvalue weighted by atomic mass is 9.85. The molecule has 2 fully saturated rings. The van der Waals surface area contributed by atoms with Gasteiger partial charge in [-0.15, -0.1) is 0 Å². The number of carbonyl (C=O) groups excluding carboxylic acids is 4. The second kappa shape index (κ2) is 11.6. The molecule has 3 rings (SSSR count). The molecule has 1 aromatic rings. The zero-order valence-corrected chi connectivity index (χ0v) is 21.7. The van der Waals surface area contributed by atoms with Crippen molar-refractivity contribution in [3.8, 4) is 0 Å². The first-order valence-corrected chi connectivity index (χ1v) is 12.8. The van der Waals surface area contributed by atoms with Gasteiger partial charge in [0.05, 0.1) is 12.2 Å². The minimum absolute atomic E-state index is 0.186. The highest BCUT2D eigenvalue weighted by Crippen LogP contribution is 2.36. The molecule has 2 heterocycles. The van der Waals surface area contributed by atoms with Crippen LogP contribution in [0.25, 0.3) is 0 Å². The molecule has 1 aromatic carbocycles. The Morgan fingerprint density at radius 1 is 1.14 bits per heavy atom. The van der Waals surface area contributed by atoms with E-state index < -0.39 is 53.6 Å². The van der Waals surface area contributed by atoms with Crippen molar-refractivity contribution >= 4 is 23.6 Å². The first-order valence-electron chi connectivity index (χ1n) is 12.8. The number of likely N-dealkylation sites (tertiary alicyclic amines) is 2. The van der Waals surface area contributed by atoms with Gasteiger partial charge in [0.2, 0.25) is 23.6 Å². The van der Waals surface area contributed by atoms with Crippen LogP contribution in [0.5, 0.6) is 0 Å². The fourth-order valence-electron chi connectivity index (χ4n) is 5.43. The topological polar surface area (TPSA) is 179 Å². The van der Waals surface area contributed by atoms with Crippen molar-refractivity contribution in [2.75, 3.05) is 13.1 Å². The fourth-order valence-corrected chi connectivity index (χ4v) is 5.43. The van der Waals surface area contributed by atoms with E-state index >= 15 is 0 Å². The number of nitrogens with one attached hydrogen (secondary N) is 1. The zero-order valence-electron chi connectivity index (χ0n) is 21.7. The van der Waals surface area contributed by atoms with Gasteiger partial charge < -0.3 is 36.8 Å². The molecule has 2 saturated heterocycles. The molecule has 37 heavy (non-hydrogen) atoms. The van der Waals surface area contributed by atoms with Crippen molar-refractivity contribution in [1.82, 2.24) is 15.1 Å². The van der Waals surface area contributed by atoms with Crippen molar-refractivity contribution in [1.29, 1.82) is 0 Å². The minimum atomic E-state index is -1.35. The van der Waals surface area contributed by atoms with Gasteiger partial charge in [0.1, 0.15) is 23.7 Å². The Balaban J connectivity index is 1.98. The van der Waals surface area contributed by atoms with Crippen LogP contribution in [0, 0.1) is 6.92 Å². The Labute approximate surface area is 217 Å². The summed E-state index contributed by atoms with van der Waals surface area (Å²) in [4.78, 5) is 55.7. The van der Waals surface area contributed by atoms with E-state index in [0.717, 1.165) is 11.1 Å². The van der Waals surface area contributed by atoms with E-state index in [9.17, 15) is 29.4 Å². The Kier molecular flexibility index (Phi) is 8.93. The predicted molar refractivity (Wildman–Crippen MR) is 136 cm³/mol. The molecule has 0 saturated carbocycles. The quantitative estimate of drug-likeness (QED) is 0.277. The summed E-state index contributed by atoms with van der Waals surface area (Å²) < 4.78 is 0. The molecule has 0 bridgehead atoms. The summed E-state index contributed by atoms with van der Waals surface area (Å²) in [6.45, 7) is 5.32. The average Bonchev–Trinajstić information content (AvgIpc) is 3.48. The second-order valence-electron chi connectivity index (χ2n) is 10.3. The first-order chi connectivity index (χ1) is 17.4. The normalized spacial score (nSPS) is 24.9. The molecule has 0 unspecified atom stereocenters. The van der Waals surface area contributed by atoms with Crippen molar-refractivity contribution in [2.45, 2.75) is 88.7 Å². The lowest BCUT2D eigenvalue weighted by molar-refractivity contribution is -0.152. The monoisotopic (exact) mass is 517 g/mol. The Morgan fingerprint density at radius 3 is 2.43 bits per heavy atom. The minimum Gasteiger partial charge on any atom is -0.391 e. The third-order valence-electron chi connectivity index (χ3n) is 7.46. The summed E-state index contributed by atoms with van der Waals surface area (Å²) >= 11 is 0. The maximum Gasteiger partial charge on any atom is 0.247 e. The van der Waals surface area contributed by atoms with Crippen LogP contribution in [0.4, 0.5) is 0 Å². The van der Waals surface area contributed by atoms with Crippen LogP contribution in [0.3, 0.4) is 0 Å². The number of hydrogen-bond acceptors (Lipinski definition) is 7. The van der Waals surface area contributed by atoms with Crippen LogP contribution < -0.4 is 16.8 Å². The molecule has 0 radical (unpaired) electrons. The molecule has 2 aliphatic heterocycles. The van der Waals surface area contributed by atoms with Gasteiger partial charge in [-0.05, 0) is 52.0 Å². The standard InChI is InChI=1S/C26H39N5O6/c1-15-7-4-8-18(13-15)14-26(25(37)29-21(17(3)33)22(28)34)10-6-12-31(26)23(35)19-9-5-11-30(19)24(36)20(27)16(2)32/h4,7-8,13,16-17,19-21,32-33H,5-6,9-12,14,27H2,1-3H3,(H2,28,34)(H,29,37)/t16-,17-,19+,20+,21+,26+/m1/s1. The molecule has 204 valence electrons. The van der Waals surface area contributed by atoms with Crippen molar-refractivity contribution in [3.63, 3.8) is 0 Å². The van der Waals surface area contributed by atoms with Crippen LogP contribution in [-0.2, 0) is 25.6 Å². The number of carbonyl (C=O) groups is 4. The highest BCUT2D eigenvalue weighted by Gasteiger charge is 2.53. The van der Waals surface area contributed by atoms with Gasteiger partial charge in [-0.3, -0.25) is 19.2 Å². The van der Waals surface area contributed by atoms with Crippen molar-refractivity contribution in [2.24, 2.45) is 11.5 Å². The van der Waals surface area contributed by atoms with Gasteiger partial charge in [0, 0.05) is 19.5 Å². The Morgan fingerprint density at radius 2 is 1.84 bits per heavy atom. The smallest absolute Gasteiger partial charge is 0.247 e. The highest BCUT2D eigenvalue weighted by atomic mass is 16.3. The van der Waals surface area contributed by atoms with Crippen LogP contribution in [0.15, 0.2) is 24.3 Å². The number of aryl methyl sites for hydroxylation is 1. The largest absolute Gasteiger partial charge is 0.391 e. The molecule has 0 spiro atoms. The number of benzene rings is 1. The molecular weight excluding hydrogens is 478 g/mol. The number of aliphatic hydroxyl groups excluding tert-OH is 2. The number of nitrogens with zero attached hydrogens (tertiary/aromatic N) is 2. The molecule has 11 heteroatoms. The Hall–Kier alpha value is -3.02. The van der Waals surface area contributed by atoms with Gasteiger partial charge in [-0.2, -0.15) is 0 Å². The van der Waals surface area contributed by atoms with Gasteiger partial charge >= 0.3 is 0 Å². The molecule has 11 nitrogen and oxygen atoms in total. The number of nitrogens with two attached hydrogens (primary N) is 2. The number of amides is 4. The summed E-state index contributed by atoms with van der Waals surface area (Å²) in [6, 6.07) is 4.30. The van der Waals surface area contributed by atoms with Crippen LogP contribution in [0.2, 0.25) is 0 Å².